The maximum absolute atomic E-state index is 4.73. The molecule has 0 saturated heterocycles. The molecule has 0 saturated carbocycles. The first-order valence-electron chi connectivity index (χ1n) is 7.91. The van der Waals surface area contributed by atoms with E-state index in [-0.39, 0.29) is 0 Å². The number of hydrogen-bond acceptors (Lipinski definition) is 6. The van der Waals surface area contributed by atoms with Crippen molar-refractivity contribution >= 4 is 22.8 Å². The smallest absolute Gasteiger partial charge is 0.214 e. The molecule has 7 heteroatoms. The average molecular weight is 348 g/mol. The van der Waals surface area contributed by atoms with Gasteiger partial charge in [0.1, 0.15) is 0 Å². The summed E-state index contributed by atoms with van der Waals surface area (Å²) in [5, 5.41) is 12.8. The molecule has 6 nitrogen and oxygen atoms in total. The van der Waals surface area contributed by atoms with Crippen LogP contribution in [0.5, 0.6) is 0 Å². The number of thioether (sulfide) groups is 1. The average Bonchev–Trinajstić information content (AvgIpc) is 3.09. The zero-order valence-electron chi connectivity index (χ0n) is 13.9. The maximum atomic E-state index is 4.73. The molecule has 4 aromatic rings. The van der Waals surface area contributed by atoms with Crippen molar-refractivity contribution in [3.8, 4) is 5.69 Å². The minimum atomic E-state index is 0.663. The minimum absolute atomic E-state index is 0.663. The fourth-order valence-corrected chi connectivity index (χ4v) is 3.41. The van der Waals surface area contributed by atoms with Crippen molar-refractivity contribution in [1.82, 2.24) is 30.2 Å². The SMILES string of the molecule is Cc1ccc(-n2nnnc2SCc2nc3ccccc3nc2C)cc1. The summed E-state index contributed by atoms with van der Waals surface area (Å²) < 4.78 is 1.74. The predicted octanol–water partition coefficient (Wildman–Crippen LogP) is 3.51. The van der Waals surface area contributed by atoms with E-state index in [1.54, 1.807) is 16.4 Å². The first-order chi connectivity index (χ1) is 12.2. The molecule has 0 unspecified atom stereocenters. The standard InChI is InChI=1S/C18H16N6S/c1-12-7-9-14(10-8-12)24-18(21-22-23-24)25-11-17-13(2)19-15-5-3-4-6-16(15)20-17/h3-10H,11H2,1-2H3. The van der Waals surface area contributed by atoms with Crippen molar-refractivity contribution in [2.45, 2.75) is 24.8 Å². The van der Waals surface area contributed by atoms with Gasteiger partial charge in [0.25, 0.3) is 0 Å². The molecule has 0 aliphatic heterocycles. The lowest BCUT2D eigenvalue weighted by Crippen LogP contribution is -2.01. The van der Waals surface area contributed by atoms with Crippen LogP contribution in [-0.4, -0.2) is 30.2 Å². The molecule has 4 rings (SSSR count). The molecule has 124 valence electrons. The molecular weight excluding hydrogens is 332 g/mol. The van der Waals surface area contributed by atoms with E-state index in [9.17, 15) is 0 Å². The van der Waals surface area contributed by atoms with Crippen LogP contribution in [0.25, 0.3) is 16.7 Å². The van der Waals surface area contributed by atoms with Gasteiger partial charge in [-0.15, -0.1) is 5.10 Å². The largest absolute Gasteiger partial charge is 0.250 e. The van der Waals surface area contributed by atoms with E-state index >= 15 is 0 Å². The van der Waals surface area contributed by atoms with E-state index < -0.39 is 0 Å². The van der Waals surface area contributed by atoms with Crippen LogP contribution in [0.3, 0.4) is 0 Å². The second-order valence-electron chi connectivity index (χ2n) is 5.74. The first kappa shape index (κ1) is 15.7. The van der Waals surface area contributed by atoms with Gasteiger partial charge in [-0.1, -0.05) is 41.6 Å². The molecule has 0 N–H and O–H groups in total. The zero-order valence-corrected chi connectivity index (χ0v) is 14.7. The predicted molar refractivity (Wildman–Crippen MR) is 97.7 cm³/mol. The van der Waals surface area contributed by atoms with Crippen LogP contribution in [0.15, 0.2) is 53.7 Å². The summed E-state index contributed by atoms with van der Waals surface area (Å²) in [7, 11) is 0. The van der Waals surface area contributed by atoms with E-state index in [2.05, 4.69) is 27.4 Å². The van der Waals surface area contributed by atoms with Gasteiger partial charge in [-0.25, -0.2) is 9.97 Å². The summed E-state index contributed by atoms with van der Waals surface area (Å²) in [6, 6.07) is 16.0. The van der Waals surface area contributed by atoms with Gasteiger partial charge in [-0.3, -0.25) is 0 Å². The van der Waals surface area contributed by atoms with Crippen LogP contribution in [0, 0.1) is 13.8 Å². The molecule has 0 atom stereocenters. The number of benzene rings is 2. The molecular formula is C18H16N6S. The fraction of sp³-hybridized carbons (Fsp3) is 0.167. The van der Waals surface area contributed by atoms with Crippen LogP contribution in [0.2, 0.25) is 0 Å². The number of hydrogen-bond donors (Lipinski definition) is 0. The van der Waals surface area contributed by atoms with E-state index in [1.165, 1.54) is 5.56 Å². The Hall–Kier alpha value is -2.80. The molecule has 0 amide bonds. The number of para-hydroxylation sites is 2. The summed E-state index contributed by atoms with van der Waals surface area (Å²) in [6.45, 7) is 4.04. The summed E-state index contributed by atoms with van der Waals surface area (Å²) in [6.07, 6.45) is 0. The third-order valence-electron chi connectivity index (χ3n) is 3.90. The Morgan fingerprint density at radius 3 is 2.40 bits per heavy atom. The summed E-state index contributed by atoms with van der Waals surface area (Å²) >= 11 is 1.55. The second-order valence-corrected chi connectivity index (χ2v) is 6.68. The number of nitrogens with zero attached hydrogens (tertiary/aromatic N) is 6. The maximum Gasteiger partial charge on any atom is 0.214 e. The lowest BCUT2D eigenvalue weighted by molar-refractivity contribution is 0.756. The number of rotatable bonds is 4. The van der Waals surface area contributed by atoms with Crippen molar-refractivity contribution in [2.24, 2.45) is 0 Å². The number of tetrazole rings is 1. The van der Waals surface area contributed by atoms with Gasteiger partial charge in [0, 0.05) is 5.75 Å². The van der Waals surface area contributed by atoms with Gasteiger partial charge >= 0.3 is 0 Å². The Labute approximate surface area is 149 Å². The van der Waals surface area contributed by atoms with Gasteiger partial charge in [-0.05, 0) is 48.5 Å². The van der Waals surface area contributed by atoms with Crippen LogP contribution >= 0.6 is 11.8 Å². The highest BCUT2D eigenvalue weighted by Gasteiger charge is 2.12. The molecule has 0 spiro atoms. The van der Waals surface area contributed by atoms with Crippen molar-refractivity contribution in [2.75, 3.05) is 0 Å². The van der Waals surface area contributed by atoms with Crippen molar-refractivity contribution < 1.29 is 0 Å². The third-order valence-corrected chi connectivity index (χ3v) is 4.83. The first-order valence-corrected chi connectivity index (χ1v) is 8.90. The number of aryl methyl sites for hydroxylation is 2. The van der Waals surface area contributed by atoms with E-state index in [0.717, 1.165) is 33.3 Å². The molecule has 0 fully saturated rings. The van der Waals surface area contributed by atoms with Crippen LogP contribution in [-0.2, 0) is 5.75 Å². The third kappa shape index (κ3) is 3.23. The van der Waals surface area contributed by atoms with Gasteiger partial charge in [0.05, 0.1) is 28.1 Å². The quantitative estimate of drug-likeness (QED) is 0.526. The molecule has 0 radical (unpaired) electrons. The normalized spacial score (nSPS) is 11.1. The molecule has 0 aliphatic carbocycles. The highest BCUT2D eigenvalue weighted by atomic mass is 32.2. The van der Waals surface area contributed by atoms with Gasteiger partial charge in [-0.2, -0.15) is 4.68 Å². The summed E-state index contributed by atoms with van der Waals surface area (Å²) in [4.78, 5) is 9.36. The van der Waals surface area contributed by atoms with Gasteiger partial charge < -0.3 is 0 Å². The van der Waals surface area contributed by atoms with Gasteiger partial charge in [0.15, 0.2) is 0 Å². The Morgan fingerprint density at radius 2 is 1.64 bits per heavy atom. The van der Waals surface area contributed by atoms with Crippen molar-refractivity contribution in [1.29, 1.82) is 0 Å². The Kier molecular flexibility index (Phi) is 4.15. The van der Waals surface area contributed by atoms with Crippen LogP contribution in [0.4, 0.5) is 0 Å². The van der Waals surface area contributed by atoms with Crippen LogP contribution in [0.1, 0.15) is 17.0 Å². The minimum Gasteiger partial charge on any atom is -0.250 e. The Balaban J connectivity index is 1.59. The molecule has 0 aliphatic rings. The van der Waals surface area contributed by atoms with E-state index in [4.69, 9.17) is 4.98 Å². The van der Waals surface area contributed by atoms with Crippen molar-refractivity contribution in [3.63, 3.8) is 0 Å². The monoisotopic (exact) mass is 348 g/mol. The highest BCUT2D eigenvalue weighted by Crippen LogP contribution is 2.24. The lowest BCUT2D eigenvalue weighted by Gasteiger charge is -2.07. The highest BCUT2D eigenvalue weighted by molar-refractivity contribution is 7.98. The molecule has 2 aromatic heterocycles. The second kappa shape index (κ2) is 6.60. The Bertz CT molecular complexity index is 1030. The molecule has 2 aromatic carbocycles. The fourth-order valence-electron chi connectivity index (χ4n) is 2.51. The Morgan fingerprint density at radius 1 is 0.920 bits per heavy atom. The number of fused-ring (bicyclic) bond motifs is 1. The lowest BCUT2D eigenvalue weighted by atomic mass is 10.2. The summed E-state index contributed by atoms with van der Waals surface area (Å²) in [5.41, 5.74) is 5.84. The molecule has 2 heterocycles. The van der Waals surface area contributed by atoms with E-state index in [1.807, 2.05) is 55.5 Å². The van der Waals surface area contributed by atoms with Crippen molar-refractivity contribution in [3.05, 3.63) is 65.5 Å². The van der Waals surface area contributed by atoms with E-state index in [0.29, 0.717) is 5.75 Å². The van der Waals surface area contributed by atoms with Crippen LogP contribution < -0.4 is 0 Å². The molecule has 25 heavy (non-hydrogen) atoms. The summed E-state index contributed by atoms with van der Waals surface area (Å²) in [5.74, 6) is 0.663. The van der Waals surface area contributed by atoms with Gasteiger partial charge in [0.2, 0.25) is 5.16 Å². The molecule has 0 bridgehead atoms. The topological polar surface area (TPSA) is 69.4 Å². The zero-order chi connectivity index (χ0) is 17.2. The number of aromatic nitrogens is 6.